The van der Waals surface area contributed by atoms with E-state index < -0.39 is 0 Å². The van der Waals surface area contributed by atoms with Gasteiger partial charge in [-0.15, -0.1) is 0 Å². The Morgan fingerprint density at radius 1 is 1.29 bits per heavy atom. The lowest BCUT2D eigenvalue weighted by Crippen LogP contribution is -2.11. The molecule has 0 fully saturated rings. The minimum Gasteiger partial charge on any atom is -0.261 e. The van der Waals surface area contributed by atoms with Gasteiger partial charge in [0.15, 0.2) is 0 Å². The van der Waals surface area contributed by atoms with Crippen LogP contribution in [0, 0.1) is 5.41 Å². The van der Waals surface area contributed by atoms with E-state index in [0.717, 1.165) is 12.8 Å². The van der Waals surface area contributed by atoms with Gasteiger partial charge < -0.3 is 0 Å². The first kappa shape index (κ1) is 11.2. The fraction of sp³-hybridized carbons (Fsp3) is 0.615. The van der Waals surface area contributed by atoms with Gasteiger partial charge in [-0.05, 0) is 29.9 Å². The maximum atomic E-state index is 4.45. The highest BCUT2D eigenvalue weighted by Gasteiger charge is 2.13. The van der Waals surface area contributed by atoms with Gasteiger partial charge in [0.2, 0.25) is 0 Å². The highest BCUT2D eigenvalue weighted by Crippen LogP contribution is 2.22. The topological polar surface area (TPSA) is 12.9 Å². The zero-order chi connectivity index (χ0) is 10.6. The number of aryl methyl sites for hydroxylation is 1. The molecule has 0 amide bonds. The smallest absolute Gasteiger partial charge is 0.0435 e. The lowest BCUT2D eigenvalue weighted by molar-refractivity contribution is 0.409. The average Bonchev–Trinajstić information content (AvgIpc) is 2.06. The molecule has 1 nitrogen and oxygen atoms in total. The third-order valence-electron chi connectivity index (χ3n) is 2.19. The number of hydrogen-bond donors (Lipinski definition) is 0. The Labute approximate surface area is 87.6 Å². The third-order valence-corrected chi connectivity index (χ3v) is 2.19. The largest absolute Gasteiger partial charge is 0.261 e. The Balaban J connectivity index is 2.84. The lowest BCUT2D eigenvalue weighted by atomic mass is 9.87. The van der Waals surface area contributed by atoms with Gasteiger partial charge in [-0.1, -0.05) is 40.2 Å². The van der Waals surface area contributed by atoms with Gasteiger partial charge in [0.05, 0.1) is 0 Å². The first-order chi connectivity index (χ1) is 6.53. The first-order valence-corrected chi connectivity index (χ1v) is 5.45. The van der Waals surface area contributed by atoms with Crippen molar-refractivity contribution in [3.8, 4) is 0 Å². The maximum Gasteiger partial charge on any atom is 0.0435 e. The van der Waals surface area contributed by atoms with Crippen molar-refractivity contribution in [2.45, 2.75) is 47.0 Å². The van der Waals surface area contributed by atoms with Crippen molar-refractivity contribution in [1.29, 1.82) is 0 Å². The van der Waals surface area contributed by atoms with E-state index in [0.29, 0.717) is 5.41 Å². The minimum absolute atomic E-state index is 0.353. The molecule has 0 aliphatic rings. The van der Waals surface area contributed by atoms with E-state index in [1.807, 2.05) is 12.3 Å². The Morgan fingerprint density at radius 3 is 2.57 bits per heavy atom. The van der Waals surface area contributed by atoms with Crippen LogP contribution in [0.1, 0.15) is 45.4 Å². The molecular weight excluding hydrogens is 170 g/mol. The van der Waals surface area contributed by atoms with E-state index >= 15 is 0 Å². The molecule has 1 aromatic heterocycles. The fourth-order valence-corrected chi connectivity index (χ4v) is 1.67. The second-order valence-corrected chi connectivity index (χ2v) is 5.10. The standard InChI is InChI=1S/C13H21N/c1-5-7-12-11(8-6-9-14-12)10-13(2,3)4/h6,8-9H,5,7,10H2,1-4H3. The summed E-state index contributed by atoms with van der Waals surface area (Å²) >= 11 is 0. The molecule has 78 valence electrons. The number of nitrogens with zero attached hydrogens (tertiary/aromatic N) is 1. The number of pyridine rings is 1. The summed E-state index contributed by atoms with van der Waals surface area (Å²) in [6.07, 6.45) is 5.30. The van der Waals surface area contributed by atoms with E-state index in [2.05, 4.69) is 38.7 Å². The molecule has 0 bridgehead atoms. The number of aromatic nitrogens is 1. The molecule has 0 saturated heterocycles. The van der Waals surface area contributed by atoms with E-state index in [1.165, 1.54) is 17.7 Å². The summed E-state index contributed by atoms with van der Waals surface area (Å²) in [5, 5.41) is 0. The van der Waals surface area contributed by atoms with Gasteiger partial charge in [0, 0.05) is 11.9 Å². The molecule has 1 heteroatoms. The van der Waals surface area contributed by atoms with Crippen molar-refractivity contribution >= 4 is 0 Å². The van der Waals surface area contributed by atoms with E-state index in [-0.39, 0.29) is 0 Å². The van der Waals surface area contributed by atoms with Crippen LogP contribution in [0.3, 0.4) is 0 Å². The third kappa shape index (κ3) is 3.49. The monoisotopic (exact) mass is 191 g/mol. The first-order valence-electron chi connectivity index (χ1n) is 5.45. The highest BCUT2D eigenvalue weighted by molar-refractivity contribution is 5.21. The van der Waals surface area contributed by atoms with Crippen LogP contribution in [0.25, 0.3) is 0 Å². The van der Waals surface area contributed by atoms with Crippen LogP contribution in [-0.4, -0.2) is 4.98 Å². The quantitative estimate of drug-likeness (QED) is 0.711. The second kappa shape index (κ2) is 4.59. The molecule has 0 aliphatic carbocycles. The molecule has 0 radical (unpaired) electrons. The van der Waals surface area contributed by atoms with E-state index in [9.17, 15) is 0 Å². The van der Waals surface area contributed by atoms with Gasteiger partial charge >= 0.3 is 0 Å². The van der Waals surface area contributed by atoms with Crippen molar-refractivity contribution in [3.63, 3.8) is 0 Å². The zero-order valence-corrected chi connectivity index (χ0v) is 9.80. The lowest BCUT2D eigenvalue weighted by Gasteiger charge is -2.19. The van der Waals surface area contributed by atoms with Crippen LogP contribution in [-0.2, 0) is 12.8 Å². The molecule has 0 saturated carbocycles. The van der Waals surface area contributed by atoms with Crippen LogP contribution >= 0.6 is 0 Å². The van der Waals surface area contributed by atoms with Gasteiger partial charge in [-0.25, -0.2) is 0 Å². The summed E-state index contributed by atoms with van der Waals surface area (Å²) < 4.78 is 0. The van der Waals surface area contributed by atoms with E-state index in [1.54, 1.807) is 0 Å². The SMILES string of the molecule is CCCc1ncccc1CC(C)(C)C. The zero-order valence-electron chi connectivity index (χ0n) is 9.80. The Hall–Kier alpha value is -0.850. The summed E-state index contributed by atoms with van der Waals surface area (Å²) in [6, 6.07) is 4.25. The van der Waals surface area contributed by atoms with Crippen molar-refractivity contribution in [1.82, 2.24) is 4.98 Å². The van der Waals surface area contributed by atoms with E-state index in [4.69, 9.17) is 0 Å². The predicted octanol–water partition coefficient (Wildman–Crippen LogP) is 3.62. The Kier molecular flexibility index (Phi) is 3.68. The molecular formula is C13H21N. The van der Waals surface area contributed by atoms with Gasteiger partial charge in [0.1, 0.15) is 0 Å². The summed E-state index contributed by atoms with van der Waals surface area (Å²) in [7, 11) is 0. The van der Waals surface area contributed by atoms with Gasteiger partial charge in [0.25, 0.3) is 0 Å². The molecule has 1 aromatic rings. The molecule has 0 aliphatic heterocycles. The van der Waals surface area contributed by atoms with Gasteiger partial charge in [-0.2, -0.15) is 0 Å². The molecule has 0 aromatic carbocycles. The average molecular weight is 191 g/mol. The maximum absolute atomic E-state index is 4.45. The van der Waals surface area contributed by atoms with Crippen molar-refractivity contribution in [2.75, 3.05) is 0 Å². The summed E-state index contributed by atoms with van der Waals surface area (Å²) in [6.45, 7) is 9.02. The predicted molar refractivity (Wildman–Crippen MR) is 61.4 cm³/mol. The Bertz CT molecular complexity index is 284. The Morgan fingerprint density at radius 2 is 2.00 bits per heavy atom. The molecule has 0 N–H and O–H groups in total. The van der Waals surface area contributed by atoms with Crippen LogP contribution in [0.2, 0.25) is 0 Å². The van der Waals surface area contributed by atoms with Gasteiger partial charge in [-0.3, -0.25) is 4.98 Å². The van der Waals surface area contributed by atoms with Crippen LogP contribution in [0.5, 0.6) is 0 Å². The molecule has 0 unspecified atom stereocenters. The fourth-order valence-electron chi connectivity index (χ4n) is 1.67. The summed E-state index contributed by atoms with van der Waals surface area (Å²) in [4.78, 5) is 4.45. The normalized spacial score (nSPS) is 11.7. The highest BCUT2D eigenvalue weighted by atomic mass is 14.7. The number of hydrogen-bond acceptors (Lipinski definition) is 1. The summed E-state index contributed by atoms with van der Waals surface area (Å²) in [5.41, 5.74) is 3.05. The molecule has 0 atom stereocenters. The summed E-state index contributed by atoms with van der Waals surface area (Å²) in [5.74, 6) is 0. The molecule has 0 spiro atoms. The number of rotatable bonds is 3. The molecule has 1 rings (SSSR count). The van der Waals surface area contributed by atoms with Crippen LogP contribution in [0.4, 0.5) is 0 Å². The van der Waals surface area contributed by atoms with Crippen molar-refractivity contribution in [3.05, 3.63) is 29.6 Å². The molecule has 14 heavy (non-hydrogen) atoms. The minimum atomic E-state index is 0.353. The van der Waals surface area contributed by atoms with Crippen LogP contribution < -0.4 is 0 Å². The van der Waals surface area contributed by atoms with Crippen LogP contribution in [0.15, 0.2) is 18.3 Å². The second-order valence-electron chi connectivity index (χ2n) is 5.10. The molecule has 1 heterocycles. The van der Waals surface area contributed by atoms with Crippen molar-refractivity contribution < 1.29 is 0 Å². The van der Waals surface area contributed by atoms with Crippen molar-refractivity contribution in [2.24, 2.45) is 5.41 Å².